The van der Waals surface area contributed by atoms with Crippen molar-refractivity contribution >= 4 is 21.6 Å². The van der Waals surface area contributed by atoms with Crippen molar-refractivity contribution in [2.75, 3.05) is 5.32 Å². The summed E-state index contributed by atoms with van der Waals surface area (Å²) in [6.45, 7) is 4.33. The Bertz CT molecular complexity index is 426. The van der Waals surface area contributed by atoms with Gasteiger partial charge in [-0.25, -0.2) is 8.78 Å². The maximum atomic E-state index is 13.8. The number of anilines is 1. The molecule has 1 N–H and O–H groups in total. The molecule has 1 nitrogen and oxygen atoms in total. The molecule has 1 saturated carbocycles. The first-order valence-electron chi connectivity index (χ1n) is 6.40. The number of hydrogen-bond donors (Lipinski definition) is 1. The van der Waals surface area contributed by atoms with Crippen LogP contribution < -0.4 is 5.32 Å². The fourth-order valence-electron chi connectivity index (χ4n) is 2.78. The molecule has 4 heteroatoms. The molecule has 1 aromatic carbocycles. The predicted molar refractivity (Wildman–Crippen MR) is 73.6 cm³/mol. The van der Waals surface area contributed by atoms with Gasteiger partial charge in [0, 0.05) is 12.1 Å². The van der Waals surface area contributed by atoms with Crippen molar-refractivity contribution in [2.24, 2.45) is 11.8 Å². The topological polar surface area (TPSA) is 12.0 Å². The second-order valence-corrected chi connectivity index (χ2v) is 6.16. The first-order chi connectivity index (χ1) is 8.49. The zero-order chi connectivity index (χ0) is 13.3. The number of nitrogens with one attached hydrogen (secondary N) is 1. The summed E-state index contributed by atoms with van der Waals surface area (Å²) >= 11 is 2.99. The summed E-state index contributed by atoms with van der Waals surface area (Å²) in [5.41, 5.74) is 0.265. The quantitative estimate of drug-likeness (QED) is 0.760. The highest BCUT2D eigenvalue weighted by molar-refractivity contribution is 9.10. The summed E-state index contributed by atoms with van der Waals surface area (Å²) in [5, 5.41) is 3.18. The average molecular weight is 318 g/mol. The molecule has 0 bridgehead atoms. The highest BCUT2D eigenvalue weighted by Gasteiger charge is 2.28. The Morgan fingerprint density at radius 2 is 1.72 bits per heavy atom. The van der Waals surface area contributed by atoms with Crippen LogP contribution in [0.3, 0.4) is 0 Å². The fraction of sp³-hybridized carbons (Fsp3) is 0.571. The van der Waals surface area contributed by atoms with E-state index in [4.69, 9.17) is 0 Å². The van der Waals surface area contributed by atoms with Crippen molar-refractivity contribution in [1.29, 1.82) is 0 Å². The van der Waals surface area contributed by atoms with E-state index in [-0.39, 0.29) is 16.2 Å². The molecule has 1 aliphatic carbocycles. The zero-order valence-corrected chi connectivity index (χ0v) is 12.2. The lowest BCUT2D eigenvalue weighted by Crippen LogP contribution is -2.37. The predicted octanol–water partition coefficient (Wildman–Crippen LogP) is 4.96. The first kappa shape index (κ1) is 13.8. The molecule has 0 saturated heterocycles. The highest BCUT2D eigenvalue weighted by atomic mass is 79.9. The van der Waals surface area contributed by atoms with E-state index >= 15 is 0 Å². The maximum absolute atomic E-state index is 13.8. The van der Waals surface area contributed by atoms with Gasteiger partial charge in [-0.1, -0.05) is 20.3 Å². The van der Waals surface area contributed by atoms with Gasteiger partial charge in [-0.2, -0.15) is 0 Å². The molecule has 0 spiro atoms. The Morgan fingerprint density at radius 1 is 1.11 bits per heavy atom. The number of hydrogen-bond acceptors (Lipinski definition) is 1. The number of rotatable bonds is 2. The molecule has 18 heavy (non-hydrogen) atoms. The summed E-state index contributed by atoms with van der Waals surface area (Å²) in [5.74, 6) is 0.128. The summed E-state index contributed by atoms with van der Waals surface area (Å²) in [7, 11) is 0. The zero-order valence-electron chi connectivity index (χ0n) is 10.6. The molecular formula is C14H18BrF2N. The largest absolute Gasteiger partial charge is 0.379 e. The van der Waals surface area contributed by atoms with Crippen molar-refractivity contribution in [3.63, 3.8) is 0 Å². The molecule has 2 atom stereocenters. The van der Waals surface area contributed by atoms with E-state index in [2.05, 4.69) is 35.1 Å². The molecule has 0 radical (unpaired) electrons. The molecular weight excluding hydrogens is 300 g/mol. The lowest BCUT2D eigenvalue weighted by Gasteiger charge is -2.36. The Morgan fingerprint density at radius 3 is 2.33 bits per heavy atom. The summed E-state index contributed by atoms with van der Waals surface area (Å²) in [6.07, 6.45) is 3.50. The van der Waals surface area contributed by atoms with E-state index in [0.717, 1.165) is 12.8 Å². The van der Waals surface area contributed by atoms with Crippen molar-refractivity contribution in [2.45, 2.75) is 39.2 Å². The van der Waals surface area contributed by atoms with Crippen molar-refractivity contribution < 1.29 is 8.78 Å². The van der Waals surface area contributed by atoms with Crippen molar-refractivity contribution in [1.82, 2.24) is 0 Å². The fourth-order valence-corrected chi connectivity index (χ4v) is 3.09. The van der Waals surface area contributed by atoms with E-state index in [1.54, 1.807) is 0 Å². The molecule has 0 amide bonds. The monoisotopic (exact) mass is 317 g/mol. The van der Waals surface area contributed by atoms with Gasteiger partial charge in [0.1, 0.15) is 11.6 Å². The third kappa shape index (κ3) is 2.85. The molecule has 1 fully saturated rings. The van der Waals surface area contributed by atoms with E-state index in [1.807, 2.05) is 0 Å². The minimum absolute atomic E-state index is 0.162. The Balaban J connectivity index is 2.20. The Kier molecular flexibility index (Phi) is 4.25. The van der Waals surface area contributed by atoms with Gasteiger partial charge < -0.3 is 5.32 Å². The third-order valence-electron chi connectivity index (χ3n) is 3.88. The SMILES string of the molecule is CC1CCCC(C)C1Nc1cc(F)c(Br)cc1F. The molecule has 1 aliphatic rings. The van der Waals surface area contributed by atoms with E-state index < -0.39 is 11.6 Å². The van der Waals surface area contributed by atoms with Crippen LogP contribution in [0, 0.1) is 23.5 Å². The van der Waals surface area contributed by atoms with Gasteiger partial charge in [-0.3, -0.25) is 0 Å². The molecule has 2 rings (SSSR count). The van der Waals surface area contributed by atoms with Gasteiger partial charge in [0.15, 0.2) is 0 Å². The van der Waals surface area contributed by atoms with Crippen LogP contribution in [-0.4, -0.2) is 6.04 Å². The van der Waals surface area contributed by atoms with E-state index in [9.17, 15) is 8.78 Å². The summed E-state index contributed by atoms with van der Waals surface area (Å²) < 4.78 is 27.4. The smallest absolute Gasteiger partial charge is 0.147 e. The summed E-state index contributed by atoms with van der Waals surface area (Å²) in [6, 6.07) is 2.62. The van der Waals surface area contributed by atoms with Crippen LogP contribution in [-0.2, 0) is 0 Å². The van der Waals surface area contributed by atoms with Crippen LogP contribution in [0.15, 0.2) is 16.6 Å². The molecule has 0 aliphatic heterocycles. The van der Waals surface area contributed by atoms with Crippen LogP contribution in [0.2, 0.25) is 0 Å². The number of benzene rings is 1. The third-order valence-corrected chi connectivity index (χ3v) is 4.48. The van der Waals surface area contributed by atoms with Gasteiger partial charge in [-0.05, 0) is 46.7 Å². The highest BCUT2D eigenvalue weighted by Crippen LogP contribution is 2.33. The number of halogens is 3. The van der Waals surface area contributed by atoms with Gasteiger partial charge in [-0.15, -0.1) is 0 Å². The van der Waals surface area contributed by atoms with Crippen LogP contribution in [0.1, 0.15) is 33.1 Å². The van der Waals surface area contributed by atoms with Gasteiger partial charge in [0.2, 0.25) is 0 Å². The second kappa shape index (κ2) is 5.55. The maximum Gasteiger partial charge on any atom is 0.147 e. The van der Waals surface area contributed by atoms with E-state index in [1.165, 1.54) is 18.6 Å². The normalized spacial score (nSPS) is 28.2. The molecule has 100 valence electrons. The van der Waals surface area contributed by atoms with Gasteiger partial charge in [0.25, 0.3) is 0 Å². The van der Waals surface area contributed by atoms with E-state index in [0.29, 0.717) is 11.8 Å². The van der Waals surface area contributed by atoms with Gasteiger partial charge in [0.05, 0.1) is 10.2 Å². The van der Waals surface area contributed by atoms with Crippen LogP contribution in [0.5, 0.6) is 0 Å². The lowest BCUT2D eigenvalue weighted by atomic mass is 9.78. The van der Waals surface area contributed by atoms with Crippen LogP contribution in [0.4, 0.5) is 14.5 Å². The molecule has 0 aromatic heterocycles. The van der Waals surface area contributed by atoms with Crippen molar-refractivity contribution in [3.8, 4) is 0 Å². The molecule has 1 aromatic rings. The van der Waals surface area contributed by atoms with Crippen LogP contribution in [0.25, 0.3) is 0 Å². The standard InChI is InChI=1S/C14H18BrF2N/c1-8-4-3-5-9(2)14(8)18-13-7-11(16)10(15)6-12(13)17/h6-9,14,18H,3-5H2,1-2H3. The first-order valence-corrected chi connectivity index (χ1v) is 7.19. The molecule has 0 heterocycles. The minimum Gasteiger partial charge on any atom is -0.379 e. The second-order valence-electron chi connectivity index (χ2n) is 5.30. The van der Waals surface area contributed by atoms with Gasteiger partial charge >= 0.3 is 0 Å². The average Bonchev–Trinajstić information content (AvgIpc) is 2.30. The summed E-state index contributed by atoms with van der Waals surface area (Å²) in [4.78, 5) is 0. The van der Waals surface area contributed by atoms with Crippen LogP contribution >= 0.6 is 15.9 Å². The van der Waals surface area contributed by atoms with Crippen molar-refractivity contribution in [3.05, 3.63) is 28.2 Å². The molecule has 2 unspecified atom stereocenters. The Labute approximate surface area is 115 Å². The minimum atomic E-state index is -0.435. The lowest BCUT2D eigenvalue weighted by molar-refractivity contribution is 0.267. The Hall–Kier alpha value is -0.640.